The lowest BCUT2D eigenvalue weighted by Crippen LogP contribution is -3.00. The molecule has 10 heavy (non-hydrogen) atoms. The lowest BCUT2D eigenvalue weighted by molar-refractivity contribution is -0.682. The van der Waals surface area contributed by atoms with E-state index in [1.165, 1.54) is 11.3 Å². The predicted octanol–water partition coefficient (Wildman–Crippen LogP) is -1.12. The molecule has 1 aromatic rings. The number of hydrogen-bond donors (Lipinski definition) is 0. The fraction of sp³-hybridized carbons (Fsp3) is 0.167. The van der Waals surface area contributed by atoms with Gasteiger partial charge in [-0.3, -0.25) is 0 Å². The van der Waals surface area contributed by atoms with Gasteiger partial charge in [-0.1, -0.05) is 29.5 Å². The van der Waals surface area contributed by atoms with Gasteiger partial charge in [0.25, 0.3) is 0 Å². The van der Waals surface area contributed by atoms with Crippen molar-refractivity contribution in [2.75, 3.05) is 0 Å². The molecule has 0 amide bonds. The largest absolute Gasteiger partial charge is 1.00 e. The number of rotatable bonds is 2. The van der Waals surface area contributed by atoms with Gasteiger partial charge in [-0.15, -0.1) is 0 Å². The molecule has 0 N–H and O–H groups in total. The minimum absolute atomic E-state index is 0. The second-order valence-electron chi connectivity index (χ2n) is 1.64. The van der Waals surface area contributed by atoms with Crippen LogP contribution < -0.4 is 21.5 Å². The van der Waals surface area contributed by atoms with Crippen molar-refractivity contribution in [1.29, 1.82) is 0 Å². The first-order chi connectivity index (χ1) is 4.33. The zero-order chi connectivity index (χ0) is 6.69. The highest BCUT2D eigenvalue weighted by Crippen LogP contribution is 2.10. The van der Waals surface area contributed by atoms with Gasteiger partial charge in [0.05, 0.1) is 0 Å². The van der Waals surface area contributed by atoms with Crippen LogP contribution in [0.1, 0.15) is 0 Å². The van der Waals surface area contributed by atoms with E-state index in [0.717, 1.165) is 10.9 Å². The summed E-state index contributed by atoms with van der Waals surface area (Å²) in [5.74, 6) is 0. The third-order valence-electron chi connectivity index (χ3n) is 0.908. The molecule has 0 unspecified atom stereocenters. The minimum atomic E-state index is 0. The van der Waals surface area contributed by atoms with Crippen molar-refractivity contribution in [2.45, 2.75) is 6.54 Å². The molecule has 0 fully saturated rings. The Labute approximate surface area is 79.7 Å². The Kier molecular flexibility index (Phi) is 4.95. The van der Waals surface area contributed by atoms with E-state index in [1.54, 1.807) is 0 Å². The average molecular weight is 241 g/mol. The zero-order valence-electron chi connectivity index (χ0n) is 5.26. The lowest BCUT2D eigenvalue weighted by Gasteiger charge is -1.77. The monoisotopic (exact) mass is 239 g/mol. The van der Waals surface area contributed by atoms with Crippen LogP contribution in [0.2, 0.25) is 4.34 Å². The van der Waals surface area contributed by atoms with Crippen LogP contribution >= 0.6 is 22.9 Å². The molecule has 0 aromatic carbocycles. The number of halogens is 2. The van der Waals surface area contributed by atoms with Crippen LogP contribution in [0.3, 0.4) is 0 Å². The molecule has 0 bridgehead atoms. The molecule has 0 aliphatic heterocycles. The molecule has 1 rings (SSSR count). The first-order valence-corrected chi connectivity index (χ1v) is 3.82. The maximum absolute atomic E-state index is 5.66. The van der Waals surface area contributed by atoms with Crippen LogP contribution in [-0.4, -0.2) is 0 Å². The first-order valence-electron chi connectivity index (χ1n) is 2.57. The number of nitrogens with zero attached hydrogens (tertiary/aromatic N) is 1. The van der Waals surface area contributed by atoms with Crippen molar-refractivity contribution in [1.82, 2.24) is 0 Å². The SMILES string of the molecule is C=CC[n+]1csc(Cl)c1.[Br-]. The van der Waals surface area contributed by atoms with Crippen LogP contribution in [0.4, 0.5) is 0 Å². The van der Waals surface area contributed by atoms with E-state index < -0.39 is 0 Å². The molecule has 4 heteroatoms. The molecule has 0 aliphatic rings. The topological polar surface area (TPSA) is 3.88 Å². The van der Waals surface area contributed by atoms with Gasteiger partial charge in [-0.05, 0) is 6.08 Å². The minimum Gasteiger partial charge on any atom is -1.00 e. The maximum Gasteiger partial charge on any atom is 0.226 e. The van der Waals surface area contributed by atoms with Gasteiger partial charge in [0.15, 0.2) is 17.1 Å². The van der Waals surface area contributed by atoms with Crippen LogP contribution in [0.15, 0.2) is 24.4 Å². The summed E-state index contributed by atoms with van der Waals surface area (Å²) >= 11 is 7.18. The molecule has 0 saturated heterocycles. The van der Waals surface area contributed by atoms with Crippen molar-refractivity contribution in [2.24, 2.45) is 0 Å². The Morgan fingerprint density at radius 2 is 2.50 bits per heavy atom. The van der Waals surface area contributed by atoms with Crippen molar-refractivity contribution >= 4 is 22.9 Å². The fourth-order valence-corrected chi connectivity index (χ4v) is 1.38. The second kappa shape index (κ2) is 4.88. The first kappa shape index (κ1) is 10.1. The van der Waals surface area contributed by atoms with Crippen LogP contribution in [0, 0.1) is 0 Å². The Bertz CT molecular complexity index is 211. The van der Waals surface area contributed by atoms with Crippen molar-refractivity contribution < 1.29 is 21.5 Å². The summed E-state index contributed by atoms with van der Waals surface area (Å²) < 4.78 is 2.80. The Morgan fingerprint density at radius 3 is 2.90 bits per heavy atom. The van der Waals surface area contributed by atoms with Crippen LogP contribution in [0.5, 0.6) is 0 Å². The molecular weight excluding hydrogens is 233 g/mol. The van der Waals surface area contributed by atoms with Gasteiger partial charge in [0.2, 0.25) is 5.51 Å². The van der Waals surface area contributed by atoms with E-state index in [0.29, 0.717) is 0 Å². The second-order valence-corrected chi connectivity index (χ2v) is 3.16. The standard InChI is InChI=1S/C6H7ClNS.BrH/c1-2-3-8-4-6(7)9-5-8;/h2,4-5H,1,3H2;1H/q+1;/p-1. The summed E-state index contributed by atoms with van der Waals surface area (Å²) in [7, 11) is 0. The van der Waals surface area contributed by atoms with Gasteiger partial charge < -0.3 is 17.0 Å². The van der Waals surface area contributed by atoms with Gasteiger partial charge in [0.1, 0.15) is 0 Å². The highest BCUT2D eigenvalue weighted by Gasteiger charge is 1.99. The van der Waals surface area contributed by atoms with Crippen LogP contribution in [-0.2, 0) is 6.54 Å². The molecular formula is C6H7BrClNS. The van der Waals surface area contributed by atoms with Gasteiger partial charge >= 0.3 is 0 Å². The molecule has 0 atom stereocenters. The molecule has 0 saturated carbocycles. The quantitative estimate of drug-likeness (QED) is 0.455. The Morgan fingerprint density at radius 1 is 1.80 bits per heavy atom. The van der Waals surface area contributed by atoms with E-state index >= 15 is 0 Å². The van der Waals surface area contributed by atoms with Gasteiger partial charge in [-0.2, -0.15) is 4.57 Å². The van der Waals surface area contributed by atoms with Gasteiger partial charge in [0, 0.05) is 0 Å². The normalized spacial score (nSPS) is 8.50. The fourth-order valence-electron chi connectivity index (χ4n) is 0.554. The number of thiazole rings is 1. The number of hydrogen-bond acceptors (Lipinski definition) is 1. The molecule has 0 spiro atoms. The number of allylic oxidation sites excluding steroid dienone is 1. The summed E-state index contributed by atoms with van der Waals surface area (Å²) in [6.07, 6.45) is 3.72. The lowest BCUT2D eigenvalue weighted by atomic mass is 10.6. The smallest absolute Gasteiger partial charge is 0.226 e. The molecule has 0 aliphatic carbocycles. The maximum atomic E-state index is 5.66. The summed E-state index contributed by atoms with van der Waals surface area (Å²) in [6.45, 7) is 4.44. The number of aromatic nitrogens is 1. The van der Waals surface area contributed by atoms with E-state index in [4.69, 9.17) is 11.6 Å². The third-order valence-corrected chi connectivity index (χ3v) is 1.98. The summed E-state index contributed by atoms with van der Waals surface area (Å²) in [6, 6.07) is 0. The van der Waals surface area contributed by atoms with E-state index in [1.807, 2.05) is 22.4 Å². The molecule has 1 aromatic heterocycles. The summed E-state index contributed by atoms with van der Waals surface area (Å²) in [5.41, 5.74) is 1.96. The van der Waals surface area contributed by atoms with Crippen molar-refractivity contribution in [3.05, 3.63) is 28.7 Å². The van der Waals surface area contributed by atoms with E-state index in [-0.39, 0.29) is 17.0 Å². The molecule has 0 radical (unpaired) electrons. The van der Waals surface area contributed by atoms with E-state index in [2.05, 4.69) is 6.58 Å². The third kappa shape index (κ3) is 2.82. The van der Waals surface area contributed by atoms with Crippen LogP contribution in [0.25, 0.3) is 0 Å². The van der Waals surface area contributed by atoms with Crippen molar-refractivity contribution in [3.63, 3.8) is 0 Å². The van der Waals surface area contributed by atoms with Crippen molar-refractivity contribution in [3.8, 4) is 0 Å². The summed E-state index contributed by atoms with van der Waals surface area (Å²) in [5, 5.41) is 0. The summed E-state index contributed by atoms with van der Waals surface area (Å²) in [4.78, 5) is 0. The average Bonchev–Trinajstić information content (AvgIpc) is 2.17. The predicted molar refractivity (Wildman–Crippen MR) is 39.7 cm³/mol. The molecule has 1 nitrogen and oxygen atoms in total. The molecule has 56 valence electrons. The van der Waals surface area contributed by atoms with Gasteiger partial charge in [-0.25, -0.2) is 0 Å². The highest BCUT2D eigenvalue weighted by molar-refractivity contribution is 7.13. The highest BCUT2D eigenvalue weighted by atomic mass is 79.9. The van der Waals surface area contributed by atoms with E-state index in [9.17, 15) is 0 Å². The Hall–Kier alpha value is 0.140. The zero-order valence-corrected chi connectivity index (χ0v) is 8.42. The molecule has 1 heterocycles. The Balaban J connectivity index is 0.000000810.